The Morgan fingerprint density at radius 2 is 0.884 bits per heavy atom. The van der Waals surface area contributed by atoms with Gasteiger partial charge in [-0.05, 0) is 94.7 Å². The second-order valence-electron chi connectivity index (χ2n) is 11.0. The summed E-state index contributed by atoms with van der Waals surface area (Å²) in [6.07, 6.45) is 0. The third-order valence-corrected chi connectivity index (χ3v) is 10.7. The first-order valence-corrected chi connectivity index (χ1v) is 16.1. The number of para-hydroxylation sites is 1. The fourth-order valence-corrected chi connectivity index (χ4v) is 8.53. The Balaban J connectivity index is 1.14. The number of hydrogen-bond donors (Lipinski definition) is 0. The van der Waals surface area contributed by atoms with Crippen LogP contribution in [0.3, 0.4) is 0 Å². The molecule has 0 saturated heterocycles. The van der Waals surface area contributed by atoms with Gasteiger partial charge in [0.15, 0.2) is 0 Å². The normalized spacial score (nSPS) is 11.7. The molecule has 0 atom stereocenters. The Bertz CT molecular complexity index is 2450. The SMILES string of the molecule is c1ccc(N(c2ccc(-c3ccc4sc5cc6ccccc6cc5c4c3)cc2)c2ccc3sc4ccccc4c3c2)cc1. The van der Waals surface area contributed by atoms with Crippen LogP contribution in [0.2, 0.25) is 0 Å². The van der Waals surface area contributed by atoms with Gasteiger partial charge in [-0.2, -0.15) is 0 Å². The Morgan fingerprint density at radius 3 is 1.72 bits per heavy atom. The van der Waals surface area contributed by atoms with E-state index in [0.717, 1.165) is 17.1 Å². The summed E-state index contributed by atoms with van der Waals surface area (Å²) < 4.78 is 5.32. The van der Waals surface area contributed by atoms with Crippen LogP contribution in [-0.4, -0.2) is 0 Å². The lowest BCUT2D eigenvalue weighted by Crippen LogP contribution is -2.09. The van der Waals surface area contributed by atoms with Gasteiger partial charge in [0, 0.05) is 57.4 Å². The molecule has 43 heavy (non-hydrogen) atoms. The molecule has 0 aliphatic heterocycles. The van der Waals surface area contributed by atoms with Crippen LogP contribution in [0.4, 0.5) is 17.1 Å². The van der Waals surface area contributed by atoms with Crippen molar-refractivity contribution in [1.82, 2.24) is 0 Å². The fourth-order valence-electron chi connectivity index (χ4n) is 6.32. The highest BCUT2D eigenvalue weighted by Crippen LogP contribution is 2.42. The first-order valence-electron chi connectivity index (χ1n) is 14.5. The number of fused-ring (bicyclic) bond motifs is 7. The average molecular weight is 584 g/mol. The van der Waals surface area contributed by atoms with Crippen molar-refractivity contribution in [2.75, 3.05) is 4.90 Å². The molecule has 9 aromatic rings. The van der Waals surface area contributed by atoms with E-state index in [9.17, 15) is 0 Å². The van der Waals surface area contributed by atoms with Crippen LogP contribution in [0.1, 0.15) is 0 Å². The maximum absolute atomic E-state index is 2.36. The molecule has 0 radical (unpaired) electrons. The van der Waals surface area contributed by atoms with Crippen molar-refractivity contribution < 1.29 is 0 Å². The van der Waals surface area contributed by atoms with E-state index in [1.165, 1.54) is 62.2 Å². The van der Waals surface area contributed by atoms with E-state index in [4.69, 9.17) is 0 Å². The number of hydrogen-bond acceptors (Lipinski definition) is 3. The van der Waals surface area contributed by atoms with E-state index in [1.807, 2.05) is 22.7 Å². The van der Waals surface area contributed by atoms with E-state index in [2.05, 4.69) is 157 Å². The highest BCUT2D eigenvalue weighted by Gasteiger charge is 2.15. The monoisotopic (exact) mass is 583 g/mol. The molecule has 0 fully saturated rings. The van der Waals surface area contributed by atoms with Crippen LogP contribution >= 0.6 is 22.7 Å². The van der Waals surface area contributed by atoms with Crippen LogP contribution in [0.5, 0.6) is 0 Å². The van der Waals surface area contributed by atoms with E-state index >= 15 is 0 Å². The summed E-state index contributed by atoms with van der Waals surface area (Å²) in [4.78, 5) is 2.36. The summed E-state index contributed by atoms with van der Waals surface area (Å²) in [7, 11) is 0. The van der Waals surface area contributed by atoms with E-state index in [1.54, 1.807) is 0 Å². The Morgan fingerprint density at radius 1 is 0.326 bits per heavy atom. The van der Waals surface area contributed by atoms with Gasteiger partial charge in [0.25, 0.3) is 0 Å². The summed E-state index contributed by atoms with van der Waals surface area (Å²) >= 11 is 3.74. The van der Waals surface area contributed by atoms with E-state index in [0.29, 0.717) is 0 Å². The zero-order chi connectivity index (χ0) is 28.3. The third kappa shape index (κ3) is 4.12. The van der Waals surface area contributed by atoms with Crippen LogP contribution in [-0.2, 0) is 0 Å². The number of benzene rings is 7. The Labute approximate surface area is 257 Å². The van der Waals surface area contributed by atoms with Crippen molar-refractivity contribution in [3.8, 4) is 11.1 Å². The Hall–Kier alpha value is -4.96. The molecule has 9 rings (SSSR count). The minimum Gasteiger partial charge on any atom is -0.310 e. The summed E-state index contributed by atoms with van der Waals surface area (Å²) in [5, 5.41) is 7.88. The van der Waals surface area contributed by atoms with Gasteiger partial charge >= 0.3 is 0 Å². The predicted octanol–water partition coefficient (Wildman–Crippen LogP) is 12.7. The minimum absolute atomic E-state index is 1.14. The van der Waals surface area contributed by atoms with Gasteiger partial charge in [-0.1, -0.05) is 78.9 Å². The largest absolute Gasteiger partial charge is 0.310 e. The molecule has 1 nitrogen and oxygen atoms in total. The molecule has 0 bridgehead atoms. The first kappa shape index (κ1) is 24.6. The van der Waals surface area contributed by atoms with Crippen LogP contribution in [0.15, 0.2) is 152 Å². The van der Waals surface area contributed by atoms with Crippen LogP contribution in [0, 0.1) is 0 Å². The van der Waals surface area contributed by atoms with Crippen LogP contribution in [0.25, 0.3) is 62.2 Å². The van der Waals surface area contributed by atoms with Gasteiger partial charge in [-0.25, -0.2) is 0 Å². The lowest BCUT2D eigenvalue weighted by molar-refractivity contribution is 1.29. The van der Waals surface area contributed by atoms with Gasteiger partial charge < -0.3 is 4.90 Å². The number of rotatable bonds is 4. The summed E-state index contributed by atoms with van der Waals surface area (Å²) in [5.74, 6) is 0. The number of nitrogens with zero attached hydrogens (tertiary/aromatic N) is 1. The topological polar surface area (TPSA) is 3.24 Å². The number of anilines is 3. The molecule has 2 aromatic heterocycles. The standard InChI is InChI=1S/C40H25NS2/c1-2-10-30(11-3-1)41(32-19-21-39-36(25-32)33-12-6-7-13-37(33)42-39)31-17-14-26(15-18-31)29-16-20-38-34(23-29)35-22-27-8-4-5-9-28(27)24-40(35)43-38/h1-25H. The van der Waals surface area contributed by atoms with Gasteiger partial charge in [-0.3, -0.25) is 0 Å². The molecule has 0 aliphatic carbocycles. The molecule has 0 amide bonds. The van der Waals surface area contributed by atoms with Crippen molar-refractivity contribution in [2.45, 2.75) is 0 Å². The van der Waals surface area contributed by atoms with Gasteiger partial charge in [0.1, 0.15) is 0 Å². The van der Waals surface area contributed by atoms with Gasteiger partial charge in [0.05, 0.1) is 0 Å². The van der Waals surface area contributed by atoms with Crippen molar-refractivity contribution in [3.05, 3.63) is 152 Å². The smallest absolute Gasteiger partial charge is 0.0468 e. The molecule has 202 valence electrons. The molecule has 0 spiro atoms. The summed E-state index contributed by atoms with van der Waals surface area (Å²) in [5.41, 5.74) is 5.91. The summed E-state index contributed by atoms with van der Waals surface area (Å²) in [6, 6.07) is 55.5. The van der Waals surface area contributed by atoms with Crippen molar-refractivity contribution in [2.24, 2.45) is 0 Å². The van der Waals surface area contributed by atoms with Crippen molar-refractivity contribution in [3.63, 3.8) is 0 Å². The molecule has 0 N–H and O–H groups in total. The molecule has 3 heteroatoms. The Kier molecular flexibility index (Phi) is 5.62. The number of thiophene rings is 2. The molecule has 0 unspecified atom stereocenters. The van der Waals surface area contributed by atoms with Gasteiger partial charge in [-0.15, -0.1) is 22.7 Å². The minimum atomic E-state index is 1.14. The zero-order valence-corrected chi connectivity index (χ0v) is 24.8. The van der Waals surface area contributed by atoms with E-state index in [-0.39, 0.29) is 0 Å². The quantitative estimate of drug-likeness (QED) is 0.199. The first-order chi connectivity index (χ1) is 21.3. The maximum atomic E-state index is 2.36. The van der Waals surface area contributed by atoms with E-state index < -0.39 is 0 Å². The second kappa shape index (κ2) is 9.81. The van der Waals surface area contributed by atoms with Crippen molar-refractivity contribution >= 4 is 90.9 Å². The summed E-state index contributed by atoms with van der Waals surface area (Å²) in [6.45, 7) is 0. The zero-order valence-electron chi connectivity index (χ0n) is 23.2. The highest BCUT2D eigenvalue weighted by atomic mass is 32.1. The molecule has 7 aromatic carbocycles. The second-order valence-corrected chi connectivity index (χ2v) is 13.2. The fraction of sp³-hybridized carbons (Fsp3) is 0. The maximum Gasteiger partial charge on any atom is 0.0468 e. The molecule has 0 saturated carbocycles. The molecule has 0 aliphatic rings. The molecular weight excluding hydrogens is 559 g/mol. The van der Waals surface area contributed by atoms with Gasteiger partial charge in [0.2, 0.25) is 0 Å². The van der Waals surface area contributed by atoms with Crippen LogP contribution < -0.4 is 4.90 Å². The lowest BCUT2D eigenvalue weighted by Gasteiger charge is -2.26. The molecule has 2 heterocycles. The predicted molar refractivity (Wildman–Crippen MR) is 190 cm³/mol. The average Bonchev–Trinajstić information content (AvgIpc) is 3.62. The van der Waals surface area contributed by atoms with Crippen molar-refractivity contribution in [1.29, 1.82) is 0 Å². The lowest BCUT2D eigenvalue weighted by atomic mass is 10.0. The molecular formula is C40H25NS2. The highest BCUT2D eigenvalue weighted by molar-refractivity contribution is 7.26. The third-order valence-electron chi connectivity index (χ3n) is 8.43.